The third-order valence-corrected chi connectivity index (χ3v) is 3.98. The largest absolute Gasteiger partial charge is 0.463 e. The minimum atomic E-state index is -0.533. The maximum Gasteiger partial charge on any atom is 0.136 e. The quantitative estimate of drug-likeness (QED) is 0.751. The second-order valence-electron chi connectivity index (χ2n) is 5.61. The molecule has 0 spiro atoms. The number of aliphatic hydroxyl groups is 1. The SMILES string of the molecule is C=C(C)[C@@H]1CCCCCCc2cc(C)c(o2)[C@@H]1O. The molecule has 0 aliphatic carbocycles. The van der Waals surface area contributed by atoms with Gasteiger partial charge in [0.1, 0.15) is 17.6 Å². The lowest BCUT2D eigenvalue weighted by molar-refractivity contribution is 0.0950. The molecule has 2 nitrogen and oxygen atoms in total. The summed E-state index contributed by atoms with van der Waals surface area (Å²) in [6.07, 6.45) is 6.29. The van der Waals surface area contributed by atoms with E-state index in [1.165, 1.54) is 25.7 Å². The molecule has 2 heteroatoms. The van der Waals surface area contributed by atoms with Crippen molar-refractivity contribution in [3.05, 3.63) is 35.3 Å². The lowest BCUT2D eigenvalue weighted by Gasteiger charge is -2.22. The van der Waals surface area contributed by atoms with Gasteiger partial charge in [0.2, 0.25) is 0 Å². The fourth-order valence-electron chi connectivity index (χ4n) is 2.85. The van der Waals surface area contributed by atoms with E-state index >= 15 is 0 Å². The van der Waals surface area contributed by atoms with Crippen molar-refractivity contribution in [3.63, 3.8) is 0 Å². The molecule has 0 amide bonds. The van der Waals surface area contributed by atoms with Gasteiger partial charge in [-0.15, -0.1) is 0 Å². The zero-order chi connectivity index (χ0) is 13.1. The van der Waals surface area contributed by atoms with Gasteiger partial charge in [-0.2, -0.15) is 0 Å². The van der Waals surface area contributed by atoms with Crippen molar-refractivity contribution in [2.24, 2.45) is 5.92 Å². The molecular weight excluding hydrogens is 224 g/mol. The Morgan fingerprint density at radius 2 is 2.06 bits per heavy atom. The van der Waals surface area contributed by atoms with Gasteiger partial charge in [-0.3, -0.25) is 0 Å². The van der Waals surface area contributed by atoms with Crippen LogP contribution in [-0.2, 0) is 6.42 Å². The van der Waals surface area contributed by atoms with Crippen LogP contribution in [0.1, 0.15) is 62.2 Å². The summed E-state index contributed by atoms with van der Waals surface area (Å²) in [4.78, 5) is 0. The highest BCUT2D eigenvalue weighted by Gasteiger charge is 2.26. The zero-order valence-corrected chi connectivity index (χ0v) is 11.5. The first-order valence-corrected chi connectivity index (χ1v) is 7.02. The summed E-state index contributed by atoms with van der Waals surface area (Å²) in [5, 5.41) is 10.5. The van der Waals surface area contributed by atoms with Gasteiger partial charge in [0, 0.05) is 12.3 Å². The summed E-state index contributed by atoms with van der Waals surface area (Å²) in [5.74, 6) is 1.89. The Morgan fingerprint density at radius 3 is 2.78 bits per heavy atom. The number of hydrogen-bond acceptors (Lipinski definition) is 2. The van der Waals surface area contributed by atoms with Crippen LogP contribution in [0.4, 0.5) is 0 Å². The van der Waals surface area contributed by atoms with Crippen molar-refractivity contribution in [1.82, 2.24) is 0 Å². The fraction of sp³-hybridized carbons (Fsp3) is 0.625. The summed E-state index contributed by atoms with van der Waals surface area (Å²) in [5.41, 5.74) is 2.13. The predicted octanol–water partition coefficient (Wildman–Crippen LogP) is 4.32. The average molecular weight is 248 g/mol. The lowest BCUT2D eigenvalue weighted by Crippen LogP contribution is -2.14. The fourth-order valence-corrected chi connectivity index (χ4v) is 2.85. The molecule has 1 aromatic heterocycles. The minimum absolute atomic E-state index is 0.126. The van der Waals surface area contributed by atoms with E-state index in [4.69, 9.17) is 4.42 Å². The van der Waals surface area contributed by atoms with Crippen LogP contribution in [-0.4, -0.2) is 5.11 Å². The molecule has 0 aromatic carbocycles. The van der Waals surface area contributed by atoms with Crippen molar-refractivity contribution in [2.45, 2.75) is 58.5 Å². The van der Waals surface area contributed by atoms with E-state index in [0.717, 1.165) is 35.5 Å². The summed E-state index contributed by atoms with van der Waals surface area (Å²) < 4.78 is 5.85. The number of furan rings is 1. The molecule has 2 rings (SSSR count). The molecule has 100 valence electrons. The van der Waals surface area contributed by atoms with E-state index in [1.807, 2.05) is 13.8 Å². The molecule has 2 heterocycles. The van der Waals surface area contributed by atoms with Gasteiger partial charge in [-0.25, -0.2) is 0 Å². The first kappa shape index (κ1) is 13.4. The van der Waals surface area contributed by atoms with E-state index in [1.54, 1.807) is 0 Å². The third-order valence-electron chi connectivity index (χ3n) is 3.98. The standard InChI is InChI=1S/C16H24O2/c1-11(2)14-9-7-5-4-6-8-13-10-12(3)16(18-13)15(14)17/h10,14-15,17H,1,4-9H2,2-3H3/t14-,15+/m0/s1. The molecule has 2 atom stereocenters. The molecule has 1 aliphatic heterocycles. The normalized spacial score (nSPS) is 25.5. The molecule has 1 aliphatic rings. The van der Waals surface area contributed by atoms with E-state index in [2.05, 4.69) is 12.6 Å². The smallest absolute Gasteiger partial charge is 0.136 e. The maximum atomic E-state index is 10.5. The minimum Gasteiger partial charge on any atom is -0.463 e. The molecule has 1 aromatic rings. The summed E-state index contributed by atoms with van der Waals surface area (Å²) in [7, 11) is 0. The van der Waals surface area contributed by atoms with Gasteiger partial charge in [0.25, 0.3) is 0 Å². The van der Waals surface area contributed by atoms with Gasteiger partial charge in [0.15, 0.2) is 0 Å². The van der Waals surface area contributed by atoms with E-state index < -0.39 is 6.10 Å². The molecule has 0 saturated heterocycles. The Bertz CT molecular complexity index is 417. The Balaban J connectivity index is 2.30. The summed E-state index contributed by atoms with van der Waals surface area (Å²) >= 11 is 0. The van der Waals surface area contributed by atoms with Gasteiger partial charge in [-0.1, -0.05) is 31.4 Å². The molecular formula is C16H24O2. The van der Waals surface area contributed by atoms with E-state index in [0.29, 0.717) is 0 Å². The van der Waals surface area contributed by atoms with Crippen molar-refractivity contribution in [1.29, 1.82) is 0 Å². The van der Waals surface area contributed by atoms with Crippen LogP contribution in [0.5, 0.6) is 0 Å². The van der Waals surface area contributed by atoms with Crippen LogP contribution >= 0.6 is 0 Å². The highest BCUT2D eigenvalue weighted by Crippen LogP contribution is 2.35. The molecule has 2 bridgehead atoms. The van der Waals surface area contributed by atoms with Crippen LogP contribution in [0.3, 0.4) is 0 Å². The van der Waals surface area contributed by atoms with Crippen LogP contribution < -0.4 is 0 Å². The number of hydrogen-bond donors (Lipinski definition) is 1. The van der Waals surface area contributed by atoms with E-state index in [-0.39, 0.29) is 5.92 Å². The van der Waals surface area contributed by atoms with Crippen LogP contribution in [0.25, 0.3) is 0 Å². The molecule has 0 saturated carbocycles. The molecule has 0 unspecified atom stereocenters. The Labute approximate surface area is 110 Å². The highest BCUT2D eigenvalue weighted by atomic mass is 16.4. The first-order valence-electron chi connectivity index (χ1n) is 7.02. The van der Waals surface area contributed by atoms with Gasteiger partial charge in [0.05, 0.1) is 0 Å². The van der Waals surface area contributed by atoms with Crippen molar-refractivity contribution < 1.29 is 9.52 Å². The van der Waals surface area contributed by atoms with Crippen LogP contribution in [0, 0.1) is 12.8 Å². The van der Waals surface area contributed by atoms with Crippen molar-refractivity contribution in [2.75, 3.05) is 0 Å². The maximum absolute atomic E-state index is 10.5. The molecule has 18 heavy (non-hydrogen) atoms. The van der Waals surface area contributed by atoms with Crippen molar-refractivity contribution >= 4 is 0 Å². The van der Waals surface area contributed by atoms with Crippen LogP contribution in [0.2, 0.25) is 0 Å². The lowest BCUT2D eigenvalue weighted by atomic mass is 9.87. The third kappa shape index (κ3) is 2.86. The summed E-state index contributed by atoms with van der Waals surface area (Å²) in [6, 6.07) is 2.08. The highest BCUT2D eigenvalue weighted by molar-refractivity contribution is 5.24. The second kappa shape index (κ2) is 5.75. The van der Waals surface area contributed by atoms with Gasteiger partial charge < -0.3 is 9.52 Å². The zero-order valence-electron chi connectivity index (χ0n) is 11.5. The monoisotopic (exact) mass is 248 g/mol. The second-order valence-corrected chi connectivity index (χ2v) is 5.61. The van der Waals surface area contributed by atoms with Gasteiger partial charge >= 0.3 is 0 Å². The Morgan fingerprint density at radius 1 is 1.33 bits per heavy atom. The molecule has 0 fully saturated rings. The topological polar surface area (TPSA) is 33.4 Å². The van der Waals surface area contributed by atoms with Crippen molar-refractivity contribution in [3.8, 4) is 0 Å². The van der Waals surface area contributed by atoms with E-state index in [9.17, 15) is 5.11 Å². The summed E-state index contributed by atoms with van der Waals surface area (Å²) in [6.45, 7) is 8.06. The predicted molar refractivity (Wildman–Crippen MR) is 73.5 cm³/mol. The Hall–Kier alpha value is -1.02. The molecule has 1 N–H and O–H groups in total. The molecule has 0 radical (unpaired) electrons. The first-order chi connectivity index (χ1) is 8.59. The number of aryl methyl sites for hydroxylation is 2. The number of aliphatic hydroxyl groups excluding tert-OH is 1. The number of rotatable bonds is 1. The van der Waals surface area contributed by atoms with Crippen LogP contribution in [0.15, 0.2) is 22.6 Å². The number of fused-ring (bicyclic) bond motifs is 2. The Kier molecular flexibility index (Phi) is 4.28. The van der Waals surface area contributed by atoms with Gasteiger partial charge in [-0.05, 0) is 38.3 Å². The average Bonchev–Trinajstić information content (AvgIpc) is 2.65.